The third-order valence-electron chi connectivity index (χ3n) is 4.31. The van der Waals surface area contributed by atoms with Gasteiger partial charge in [0, 0.05) is 32.7 Å². The first-order valence-corrected chi connectivity index (χ1v) is 7.75. The van der Waals surface area contributed by atoms with Gasteiger partial charge in [0.25, 0.3) is 0 Å². The van der Waals surface area contributed by atoms with Crippen LogP contribution in [-0.4, -0.2) is 43.0 Å². The number of nitriles is 1. The highest BCUT2D eigenvalue weighted by Gasteiger charge is 2.13. The van der Waals surface area contributed by atoms with Crippen molar-refractivity contribution < 1.29 is 0 Å². The normalized spacial score (nSPS) is 16.4. The summed E-state index contributed by atoms with van der Waals surface area (Å²) in [5.74, 6) is 0. The van der Waals surface area contributed by atoms with Crippen LogP contribution in [0.1, 0.15) is 11.1 Å². The van der Waals surface area contributed by atoms with Crippen LogP contribution in [0.4, 0.5) is 0 Å². The molecule has 0 aromatic heterocycles. The summed E-state index contributed by atoms with van der Waals surface area (Å²) in [5, 5.41) is 9.21. The number of likely N-dealkylation sites (N-methyl/N-ethyl adjacent to an activating group) is 1. The Morgan fingerprint density at radius 2 is 1.64 bits per heavy atom. The van der Waals surface area contributed by atoms with Gasteiger partial charge in [-0.25, -0.2) is 0 Å². The van der Waals surface area contributed by atoms with Crippen LogP contribution in [0.2, 0.25) is 0 Å². The molecule has 0 saturated carbocycles. The third-order valence-corrected chi connectivity index (χ3v) is 4.31. The molecule has 0 bridgehead atoms. The van der Waals surface area contributed by atoms with Gasteiger partial charge in [-0.3, -0.25) is 4.90 Å². The molecule has 22 heavy (non-hydrogen) atoms. The molecule has 0 amide bonds. The Morgan fingerprint density at radius 3 is 2.32 bits per heavy atom. The number of hydrogen-bond acceptors (Lipinski definition) is 3. The monoisotopic (exact) mass is 291 g/mol. The number of hydrogen-bond donors (Lipinski definition) is 0. The van der Waals surface area contributed by atoms with E-state index in [0.717, 1.165) is 49.4 Å². The molecule has 1 aliphatic heterocycles. The van der Waals surface area contributed by atoms with Gasteiger partial charge in [0.05, 0.1) is 11.6 Å². The standard InChI is InChI=1S/C19H21N3/c1-21-10-12-22(13-11-21)15-16-6-8-17(9-7-16)19-5-3-2-4-18(19)14-20/h2-9H,10-13,15H2,1H3. The lowest BCUT2D eigenvalue weighted by molar-refractivity contribution is 0.148. The van der Waals surface area contributed by atoms with Crippen LogP contribution in [0.25, 0.3) is 11.1 Å². The highest BCUT2D eigenvalue weighted by molar-refractivity contribution is 5.70. The Balaban J connectivity index is 1.72. The second-order valence-electron chi connectivity index (χ2n) is 5.93. The van der Waals surface area contributed by atoms with Crippen LogP contribution in [0.3, 0.4) is 0 Å². The Bertz CT molecular complexity index is 662. The first-order chi connectivity index (χ1) is 10.8. The molecule has 3 rings (SSSR count). The van der Waals surface area contributed by atoms with Crippen molar-refractivity contribution in [1.82, 2.24) is 9.80 Å². The molecule has 1 heterocycles. The van der Waals surface area contributed by atoms with Crippen LogP contribution in [0.5, 0.6) is 0 Å². The van der Waals surface area contributed by atoms with Crippen molar-refractivity contribution in [2.45, 2.75) is 6.54 Å². The van der Waals surface area contributed by atoms with E-state index < -0.39 is 0 Å². The van der Waals surface area contributed by atoms with E-state index in [-0.39, 0.29) is 0 Å². The average Bonchev–Trinajstić information content (AvgIpc) is 2.58. The zero-order valence-corrected chi connectivity index (χ0v) is 13.0. The predicted molar refractivity (Wildman–Crippen MR) is 89.4 cm³/mol. The van der Waals surface area contributed by atoms with E-state index in [2.05, 4.69) is 47.2 Å². The summed E-state index contributed by atoms with van der Waals surface area (Å²) in [5.41, 5.74) is 4.19. The van der Waals surface area contributed by atoms with Crippen molar-refractivity contribution in [2.75, 3.05) is 33.2 Å². The highest BCUT2D eigenvalue weighted by Crippen LogP contribution is 2.23. The minimum Gasteiger partial charge on any atom is -0.304 e. The Hall–Kier alpha value is -2.15. The van der Waals surface area contributed by atoms with Crippen molar-refractivity contribution in [3.63, 3.8) is 0 Å². The van der Waals surface area contributed by atoms with Gasteiger partial charge in [0.15, 0.2) is 0 Å². The van der Waals surface area contributed by atoms with Crippen LogP contribution in [-0.2, 0) is 6.54 Å². The maximum atomic E-state index is 9.21. The van der Waals surface area contributed by atoms with Gasteiger partial charge >= 0.3 is 0 Å². The molecular formula is C19H21N3. The number of benzene rings is 2. The Labute approximate surface area is 132 Å². The fraction of sp³-hybridized carbons (Fsp3) is 0.316. The average molecular weight is 291 g/mol. The maximum Gasteiger partial charge on any atom is 0.0998 e. The number of piperazine rings is 1. The van der Waals surface area contributed by atoms with E-state index >= 15 is 0 Å². The predicted octanol–water partition coefficient (Wildman–Crippen LogP) is 2.97. The number of nitrogens with zero attached hydrogens (tertiary/aromatic N) is 3. The Kier molecular flexibility index (Phi) is 4.53. The van der Waals surface area contributed by atoms with Crippen LogP contribution in [0, 0.1) is 11.3 Å². The fourth-order valence-corrected chi connectivity index (χ4v) is 2.89. The van der Waals surface area contributed by atoms with Gasteiger partial charge in [-0.05, 0) is 29.8 Å². The summed E-state index contributed by atoms with van der Waals surface area (Å²) in [6.07, 6.45) is 0. The fourth-order valence-electron chi connectivity index (χ4n) is 2.89. The van der Waals surface area contributed by atoms with Crippen LogP contribution in [0.15, 0.2) is 48.5 Å². The molecule has 0 radical (unpaired) electrons. The maximum absolute atomic E-state index is 9.21. The van der Waals surface area contributed by atoms with Gasteiger partial charge in [-0.1, -0.05) is 42.5 Å². The van der Waals surface area contributed by atoms with Crippen molar-refractivity contribution in [1.29, 1.82) is 5.26 Å². The molecule has 0 spiro atoms. The summed E-state index contributed by atoms with van der Waals surface area (Å²) >= 11 is 0. The van der Waals surface area contributed by atoms with Crippen LogP contribution < -0.4 is 0 Å². The lowest BCUT2D eigenvalue weighted by Crippen LogP contribution is -2.43. The van der Waals surface area contributed by atoms with E-state index in [1.165, 1.54) is 5.56 Å². The van der Waals surface area contributed by atoms with Crippen molar-refractivity contribution >= 4 is 0 Å². The Morgan fingerprint density at radius 1 is 0.955 bits per heavy atom. The van der Waals surface area contributed by atoms with E-state index in [1.807, 2.05) is 24.3 Å². The lowest BCUT2D eigenvalue weighted by Gasteiger charge is -2.32. The van der Waals surface area contributed by atoms with E-state index in [4.69, 9.17) is 0 Å². The molecule has 1 fully saturated rings. The van der Waals surface area contributed by atoms with Crippen LogP contribution >= 0.6 is 0 Å². The van der Waals surface area contributed by atoms with Crippen molar-refractivity contribution in [3.8, 4) is 17.2 Å². The third kappa shape index (κ3) is 3.36. The van der Waals surface area contributed by atoms with E-state index in [1.54, 1.807) is 0 Å². The van der Waals surface area contributed by atoms with Crippen molar-refractivity contribution in [3.05, 3.63) is 59.7 Å². The molecule has 3 nitrogen and oxygen atoms in total. The second-order valence-corrected chi connectivity index (χ2v) is 5.93. The SMILES string of the molecule is CN1CCN(Cc2ccc(-c3ccccc3C#N)cc2)CC1. The van der Waals surface area contributed by atoms with Crippen molar-refractivity contribution in [2.24, 2.45) is 0 Å². The lowest BCUT2D eigenvalue weighted by atomic mass is 9.99. The van der Waals surface area contributed by atoms with Gasteiger partial charge in [0.2, 0.25) is 0 Å². The van der Waals surface area contributed by atoms with E-state index in [9.17, 15) is 5.26 Å². The largest absolute Gasteiger partial charge is 0.304 e. The number of rotatable bonds is 3. The molecule has 1 saturated heterocycles. The molecule has 0 aliphatic carbocycles. The van der Waals surface area contributed by atoms with Gasteiger partial charge in [0.1, 0.15) is 0 Å². The summed E-state index contributed by atoms with van der Waals surface area (Å²) in [6, 6.07) is 18.6. The first-order valence-electron chi connectivity index (χ1n) is 7.75. The molecule has 0 N–H and O–H groups in total. The summed E-state index contributed by atoms with van der Waals surface area (Å²) in [4.78, 5) is 4.87. The zero-order valence-electron chi connectivity index (χ0n) is 13.0. The minimum atomic E-state index is 0.731. The smallest absolute Gasteiger partial charge is 0.0998 e. The summed E-state index contributed by atoms with van der Waals surface area (Å²) < 4.78 is 0. The molecule has 3 heteroatoms. The molecule has 0 unspecified atom stereocenters. The molecular weight excluding hydrogens is 270 g/mol. The molecule has 2 aromatic carbocycles. The highest BCUT2D eigenvalue weighted by atomic mass is 15.2. The van der Waals surface area contributed by atoms with Gasteiger partial charge in [-0.2, -0.15) is 5.26 Å². The molecule has 2 aromatic rings. The van der Waals surface area contributed by atoms with Gasteiger partial charge < -0.3 is 4.90 Å². The minimum absolute atomic E-state index is 0.731. The van der Waals surface area contributed by atoms with E-state index in [0.29, 0.717) is 0 Å². The quantitative estimate of drug-likeness (QED) is 0.871. The van der Waals surface area contributed by atoms with Gasteiger partial charge in [-0.15, -0.1) is 0 Å². The topological polar surface area (TPSA) is 30.3 Å². The molecule has 112 valence electrons. The molecule has 0 atom stereocenters. The molecule has 1 aliphatic rings. The second kappa shape index (κ2) is 6.74. The summed E-state index contributed by atoms with van der Waals surface area (Å²) in [7, 11) is 2.18. The zero-order chi connectivity index (χ0) is 15.4. The summed E-state index contributed by atoms with van der Waals surface area (Å²) in [6.45, 7) is 5.57. The first kappa shape index (κ1) is 14.8.